The fraction of sp³-hybridized carbons (Fsp3) is 0.316. The van der Waals surface area contributed by atoms with Gasteiger partial charge in [-0.1, -0.05) is 12.1 Å². The number of hydrogen-bond acceptors (Lipinski definition) is 6. The fourth-order valence-electron chi connectivity index (χ4n) is 2.71. The van der Waals surface area contributed by atoms with Crippen LogP contribution in [-0.4, -0.2) is 50.7 Å². The number of nitro benzene ring substituents is 1. The number of nitro groups is 1. The lowest BCUT2D eigenvalue weighted by Gasteiger charge is -2.25. The molecule has 0 bridgehead atoms. The van der Waals surface area contributed by atoms with Crippen LogP contribution in [0.4, 0.5) is 16.2 Å². The molecular weight excluding hydrogens is 364 g/mol. The van der Waals surface area contributed by atoms with Gasteiger partial charge in [-0.05, 0) is 37.9 Å². The molecular formula is C19H24N4O5. The SMILES string of the molecule is COc1cccc(C(CNC(=O)Nc2cc([N+](=O)[O-])ccc2OC)N(C)C)c1. The van der Waals surface area contributed by atoms with Crippen LogP contribution in [0, 0.1) is 10.1 Å². The first-order valence-corrected chi connectivity index (χ1v) is 8.53. The lowest BCUT2D eigenvalue weighted by molar-refractivity contribution is -0.384. The Bertz CT molecular complexity index is 841. The Hall–Kier alpha value is -3.33. The highest BCUT2D eigenvalue weighted by atomic mass is 16.6. The molecule has 2 aromatic carbocycles. The Balaban J connectivity index is 2.09. The second kappa shape index (κ2) is 9.56. The molecule has 28 heavy (non-hydrogen) atoms. The van der Waals surface area contributed by atoms with E-state index in [0.717, 1.165) is 11.3 Å². The van der Waals surface area contributed by atoms with Crippen LogP contribution >= 0.6 is 0 Å². The Kier molecular flexibility index (Phi) is 7.16. The number of carbonyl (C=O) groups excluding carboxylic acids is 1. The van der Waals surface area contributed by atoms with Gasteiger partial charge in [0.15, 0.2) is 0 Å². The molecule has 1 unspecified atom stereocenters. The third-order valence-electron chi connectivity index (χ3n) is 4.20. The van der Waals surface area contributed by atoms with Crippen molar-refractivity contribution >= 4 is 17.4 Å². The zero-order valence-corrected chi connectivity index (χ0v) is 16.3. The van der Waals surface area contributed by atoms with E-state index in [-0.39, 0.29) is 17.4 Å². The zero-order valence-electron chi connectivity index (χ0n) is 16.3. The van der Waals surface area contributed by atoms with E-state index in [1.807, 2.05) is 43.3 Å². The van der Waals surface area contributed by atoms with Crippen molar-refractivity contribution in [1.29, 1.82) is 0 Å². The number of likely N-dealkylation sites (N-methyl/N-ethyl adjacent to an activating group) is 1. The van der Waals surface area contributed by atoms with Crippen molar-refractivity contribution in [2.45, 2.75) is 6.04 Å². The molecule has 2 rings (SSSR count). The summed E-state index contributed by atoms with van der Waals surface area (Å²) >= 11 is 0. The van der Waals surface area contributed by atoms with Crippen molar-refractivity contribution in [3.05, 3.63) is 58.1 Å². The molecule has 0 saturated heterocycles. The Morgan fingerprint density at radius 1 is 1.18 bits per heavy atom. The summed E-state index contributed by atoms with van der Waals surface area (Å²) < 4.78 is 10.4. The van der Waals surface area contributed by atoms with E-state index in [1.54, 1.807) is 7.11 Å². The van der Waals surface area contributed by atoms with Crippen molar-refractivity contribution in [3.63, 3.8) is 0 Å². The van der Waals surface area contributed by atoms with Crippen LogP contribution in [0.2, 0.25) is 0 Å². The molecule has 2 N–H and O–H groups in total. The maximum Gasteiger partial charge on any atom is 0.319 e. The molecule has 150 valence electrons. The molecule has 0 radical (unpaired) electrons. The van der Waals surface area contributed by atoms with Gasteiger partial charge in [-0.3, -0.25) is 10.1 Å². The van der Waals surface area contributed by atoms with Crippen molar-refractivity contribution < 1.29 is 19.2 Å². The third kappa shape index (κ3) is 5.34. The van der Waals surface area contributed by atoms with E-state index < -0.39 is 11.0 Å². The topological polar surface area (TPSA) is 106 Å². The number of nitrogens with zero attached hydrogens (tertiary/aromatic N) is 2. The molecule has 2 aromatic rings. The maximum absolute atomic E-state index is 12.4. The zero-order chi connectivity index (χ0) is 20.7. The van der Waals surface area contributed by atoms with Crippen LogP contribution in [-0.2, 0) is 0 Å². The monoisotopic (exact) mass is 388 g/mol. The summed E-state index contributed by atoms with van der Waals surface area (Å²) in [5, 5.41) is 16.4. The van der Waals surface area contributed by atoms with Gasteiger partial charge in [0.1, 0.15) is 11.5 Å². The number of methoxy groups -OCH3 is 2. The van der Waals surface area contributed by atoms with Crippen LogP contribution < -0.4 is 20.1 Å². The van der Waals surface area contributed by atoms with E-state index in [0.29, 0.717) is 12.3 Å². The van der Waals surface area contributed by atoms with Gasteiger partial charge in [0.05, 0.1) is 30.9 Å². The minimum absolute atomic E-state index is 0.0899. The highest BCUT2D eigenvalue weighted by Crippen LogP contribution is 2.29. The Morgan fingerprint density at radius 3 is 2.54 bits per heavy atom. The molecule has 1 atom stereocenters. The number of benzene rings is 2. The molecule has 2 amide bonds. The van der Waals surface area contributed by atoms with Crippen molar-refractivity contribution in [1.82, 2.24) is 10.2 Å². The summed E-state index contributed by atoms with van der Waals surface area (Å²) in [4.78, 5) is 24.8. The molecule has 0 spiro atoms. The van der Waals surface area contributed by atoms with Gasteiger partial charge >= 0.3 is 6.03 Å². The van der Waals surface area contributed by atoms with E-state index in [4.69, 9.17) is 9.47 Å². The first-order valence-electron chi connectivity index (χ1n) is 8.53. The molecule has 0 aliphatic rings. The number of anilines is 1. The van der Waals surface area contributed by atoms with Crippen LogP contribution in [0.1, 0.15) is 11.6 Å². The largest absolute Gasteiger partial charge is 0.497 e. The van der Waals surface area contributed by atoms with E-state index in [9.17, 15) is 14.9 Å². The number of hydrogen-bond donors (Lipinski definition) is 2. The van der Waals surface area contributed by atoms with Gasteiger partial charge in [-0.25, -0.2) is 4.79 Å². The summed E-state index contributed by atoms with van der Waals surface area (Å²) in [6.45, 7) is 0.323. The molecule has 0 aromatic heterocycles. The van der Waals surface area contributed by atoms with Crippen molar-refractivity contribution in [2.24, 2.45) is 0 Å². The van der Waals surface area contributed by atoms with E-state index in [2.05, 4.69) is 10.6 Å². The summed E-state index contributed by atoms with van der Waals surface area (Å²) in [6.07, 6.45) is 0. The van der Waals surface area contributed by atoms with E-state index >= 15 is 0 Å². The summed E-state index contributed by atoms with van der Waals surface area (Å²) in [7, 11) is 6.84. The molecule has 0 aliphatic heterocycles. The van der Waals surface area contributed by atoms with E-state index in [1.165, 1.54) is 25.3 Å². The van der Waals surface area contributed by atoms with Crippen LogP contribution in [0.15, 0.2) is 42.5 Å². The van der Waals surface area contributed by atoms with Crippen LogP contribution in [0.3, 0.4) is 0 Å². The molecule has 0 saturated carbocycles. The van der Waals surface area contributed by atoms with Gasteiger partial charge in [0, 0.05) is 18.7 Å². The van der Waals surface area contributed by atoms with Crippen LogP contribution in [0.25, 0.3) is 0 Å². The lowest BCUT2D eigenvalue weighted by Crippen LogP contribution is -2.37. The second-order valence-corrected chi connectivity index (χ2v) is 6.23. The second-order valence-electron chi connectivity index (χ2n) is 6.23. The number of rotatable bonds is 8. The number of ether oxygens (including phenoxy) is 2. The predicted molar refractivity (Wildman–Crippen MR) is 106 cm³/mol. The minimum atomic E-state index is -0.534. The third-order valence-corrected chi connectivity index (χ3v) is 4.20. The minimum Gasteiger partial charge on any atom is -0.497 e. The molecule has 9 nitrogen and oxygen atoms in total. The first kappa shape index (κ1) is 21.0. The quantitative estimate of drug-likeness (QED) is 0.532. The van der Waals surface area contributed by atoms with Gasteiger partial charge in [0.2, 0.25) is 0 Å². The number of non-ortho nitro benzene ring substituents is 1. The van der Waals surface area contributed by atoms with Gasteiger partial charge in [-0.15, -0.1) is 0 Å². The number of urea groups is 1. The number of amides is 2. The summed E-state index contributed by atoms with van der Waals surface area (Å²) in [6, 6.07) is 11.0. The first-order chi connectivity index (χ1) is 13.3. The summed E-state index contributed by atoms with van der Waals surface area (Å²) in [5.74, 6) is 1.06. The standard InChI is InChI=1S/C19H24N4O5/c1-22(2)17(13-6-5-7-15(10-13)27-3)12-20-19(24)21-16-11-14(23(25)26)8-9-18(16)28-4/h5-11,17H,12H2,1-4H3,(H2,20,21,24). The average Bonchev–Trinajstić information content (AvgIpc) is 2.67. The predicted octanol–water partition coefficient (Wildman–Crippen LogP) is 3.04. The smallest absolute Gasteiger partial charge is 0.319 e. The normalized spacial score (nSPS) is 11.6. The van der Waals surface area contributed by atoms with Crippen LogP contribution in [0.5, 0.6) is 11.5 Å². The maximum atomic E-state index is 12.4. The molecule has 0 heterocycles. The highest BCUT2D eigenvalue weighted by Gasteiger charge is 2.18. The molecule has 0 aliphatic carbocycles. The lowest BCUT2D eigenvalue weighted by atomic mass is 10.1. The van der Waals surface area contributed by atoms with Crippen molar-refractivity contribution in [2.75, 3.05) is 40.2 Å². The van der Waals surface area contributed by atoms with Gasteiger partial charge in [0.25, 0.3) is 5.69 Å². The Morgan fingerprint density at radius 2 is 1.93 bits per heavy atom. The molecule has 0 fully saturated rings. The molecule has 9 heteroatoms. The van der Waals surface area contributed by atoms with Gasteiger partial charge < -0.3 is 25.0 Å². The van der Waals surface area contributed by atoms with Crippen molar-refractivity contribution in [3.8, 4) is 11.5 Å². The Labute approximate surface area is 163 Å². The highest BCUT2D eigenvalue weighted by molar-refractivity contribution is 5.91. The number of nitrogens with one attached hydrogen (secondary N) is 2. The summed E-state index contributed by atoms with van der Waals surface area (Å²) in [5.41, 5.74) is 1.06. The fourth-order valence-corrected chi connectivity index (χ4v) is 2.71. The average molecular weight is 388 g/mol. The van der Waals surface area contributed by atoms with Gasteiger partial charge in [-0.2, -0.15) is 0 Å². The number of carbonyl (C=O) groups is 1.